The molecule has 11 heteroatoms. The van der Waals surface area contributed by atoms with Crippen molar-refractivity contribution in [1.82, 2.24) is 15.4 Å². The van der Waals surface area contributed by atoms with Gasteiger partial charge >= 0.3 is 5.69 Å². The number of nitrogens with one attached hydrogen (secondary N) is 2. The van der Waals surface area contributed by atoms with Crippen LogP contribution in [0, 0.1) is 10.1 Å². The van der Waals surface area contributed by atoms with Crippen LogP contribution in [0.5, 0.6) is 17.2 Å². The summed E-state index contributed by atoms with van der Waals surface area (Å²) in [6.45, 7) is 0. The van der Waals surface area contributed by atoms with E-state index in [1.807, 2.05) is 36.4 Å². The highest BCUT2D eigenvalue weighted by Crippen LogP contribution is 2.32. The van der Waals surface area contributed by atoms with E-state index < -0.39 is 10.8 Å². The van der Waals surface area contributed by atoms with Crippen molar-refractivity contribution in [1.29, 1.82) is 0 Å². The number of nitro benzene ring substituents is 1. The quantitative estimate of drug-likeness (QED) is 0.0894. The molecular weight excluding hydrogens is 530 g/mol. The van der Waals surface area contributed by atoms with Gasteiger partial charge in [-0.15, -0.1) is 0 Å². The van der Waals surface area contributed by atoms with E-state index in [4.69, 9.17) is 9.47 Å². The molecule has 10 nitrogen and oxygen atoms in total. The molecule has 0 aliphatic rings. The largest absolute Gasteiger partial charge is 0.497 e. The predicted octanol–water partition coefficient (Wildman–Crippen LogP) is 6.33. The van der Waals surface area contributed by atoms with Gasteiger partial charge in [0, 0.05) is 22.9 Å². The van der Waals surface area contributed by atoms with Gasteiger partial charge in [-0.3, -0.25) is 14.9 Å². The molecule has 0 saturated heterocycles. The van der Waals surface area contributed by atoms with Crippen LogP contribution >= 0.6 is 11.8 Å². The number of nitro groups is 1. The number of fused-ring (bicyclic) bond motifs is 1. The molecule has 0 aliphatic heterocycles. The van der Waals surface area contributed by atoms with Crippen LogP contribution in [0.15, 0.2) is 101 Å². The zero-order valence-corrected chi connectivity index (χ0v) is 22.1. The number of aromatic nitrogens is 2. The lowest BCUT2D eigenvalue weighted by Gasteiger charge is -2.07. The lowest BCUT2D eigenvalue weighted by atomic mass is 10.1. The van der Waals surface area contributed by atoms with Crippen molar-refractivity contribution in [2.45, 2.75) is 10.9 Å². The Bertz CT molecular complexity index is 1650. The molecule has 0 fully saturated rings. The van der Waals surface area contributed by atoms with E-state index in [0.717, 1.165) is 21.8 Å². The first-order valence-electron chi connectivity index (χ1n) is 12.1. The van der Waals surface area contributed by atoms with Crippen LogP contribution in [0.3, 0.4) is 0 Å². The molecule has 0 radical (unpaired) electrons. The monoisotopic (exact) mass is 553 g/mol. The summed E-state index contributed by atoms with van der Waals surface area (Å²) in [7, 11) is 1.55. The molecular formula is C29H23N5O5S. The first kappa shape index (κ1) is 26.4. The van der Waals surface area contributed by atoms with Crippen molar-refractivity contribution in [3.05, 3.63) is 118 Å². The molecule has 0 unspecified atom stereocenters. The normalized spacial score (nSPS) is 11.0. The lowest BCUT2D eigenvalue weighted by molar-refractivity contribution is -0.385. The van der Waals surface area contributed by atoms with Crippen molar-refractivity contribution in [2.75, 3.05) is 7.11 Å². The van der Waals surface area contributed by atoms with Crippen LogP contribution in [-0.2, 0) is 5.75 Å². The highest BCUT2D eigenvalue weighted by molar-refractivity contribution is 7.98. The summed E-state index contributed by atoms with van der Waals surface area (Å²) in [5.41, 5.74) is 6.02. The SMILES string of the molecule is COc1ccc(Oc2ccc(C=NNC(=O)c3ccc(CSc4nc5ccccc5[nH]4)cc3)cc2[N+](=O)[O-])cc1. The fourth-order valence-corrected chi connectivity index (χ4v) is 4.59. The zero-order valence-electron chi connectivity index (χ0n) is 21.2. The molecule has 0 saturated carbocycles. The van der Waals surface area contributed by atoms with Gasteiger partial charge in [0.1, 0.15) is 11.5 Å². The van der Waals surface area contributed by atoms with Gasteiger partial charge in [-0.25, -0.2) is 10.4 Å². The number of thioether (sulfide) groups is 1. The molecule has 1 aromatic heterocycles. The van der Waals surface area contributed by atoms with Crippen LogP contribution in [0.1, 0.15) is 21.5 Å². The van der Waals surface area contributed by atoms with Gasteiger partial charge in [-0.2, -0.15) is 5.10 Å². The Morgan fingerprint density at radius 2 is 1.80 bits per heavy atom. The number of aromatic amines is 1. The number of carbonyl (C=O) groups excluding carboxylic acids is 1. The van der Waals surface area contributed by atoms with E-state index >= 15 is 0 Å². The number of carbonyl (C=O) groups is 1. The summed E-state index contributed by atoms with van der Waals surface area (Å²) in [6, 6.07) is 26.1. The van der Waals surface area contributed by atoms with E-state index in [9.17, 15) is 14.9 Å². The fraction of sp³-hybridized carbons (Fsp3) is 0.0690. The molecule has 0 spiro atoms. The summed E-state index contributed by atoms with van der Waals surface area (Å²) in [4.78, 5) is 31.4. The second kappa shape index (κ2) is 12.1. The number of para-hydroxylation sites is 2. The summed E-state index contributed by atoms with van der Waals surface area (Å²) < 4.78 is 10.8. The van der Waals surface area contributed by atoms with E-state index in [0.29, 0.717) is 28.4 Å². The van der Waals surface area contributed by atoms with Gasteiger partial charge in [0.05, 0.1) is 29.3 Å². The Balaban J connectivity index is 1.17. The molecule has 200 valence electrons. The number of methoxy groups -OCH3 is 1. The van der Waals surface area contributed by atoms with Gasteiger partial charge in [0.2, 0.25) is 5.75 Å². The van der Waals surface area contributed by atoms with E-state index in [-0.39, 0.29) is 11.4 Å². The van der Waals surface area contributed by atoms with Gasteiger partial charge in [-0.1, -0.05) is 36.0 Å². The number of ether oxygens (including phenoxy) is 2. The Kier molecular flexibility index (Phi) is 8.02. The van der Waals surface area contributed by atoms with Crippen molar-refractivity contribution in [3.8, 4) is 17.2 Å². The number of rotatable bonds is 10. The summed E-state index contributed by atoms with van der Waals surface area (Å²) >= 11 is 1.58. The van der Waals surface area contributed by atoms with Crippen molar-refractivity contribution in [3.63, 3.8) is 0 Å². The van der Waals surface area contributed by atoms with Crippen LogP contribution in [0.4, 0.5) is 5.69 Å². The van der Waals surface area contributed by atoms with Crippen LogP contribution in [0.2, 0.25) is 0 Å². The predicted molar refractivity (Wildman–Crippen MR) is 153 cm³/mol. The number of nitrogens with zero attached hydrogens (tertiary/aromatic N) is 3. The molecule has 0 atom stereocenters. The maximum atomic E-state index is 12.5. The lowest BCUT2D eigenvalue weighted by Crippen LogP contribution is -2.17. The molecule has 0 aliphatic carbocycles. The zero-order chi connectivity index (χ0) is 27.9. The molecule has 5 rings (SSSR count). The summed E-state index contributed by atoms with van der Waals surface area (Å²) in [5.74, 6) is 1.44. The number of hydrogen-bond acceptors (Lipinski definition) is 8. The molecule has 1 amide bonds. The van der Waals surface area contributed by atoms with Gasteiger partial charge in [0.25, 0.3) is 5.91 Å². The molecule has 1 heterocycles. The van der Waals surface area contributed by atoms with E-state index in [1.165, 1.54) is 18.3 Å². The summed E-state index contributed by atoms with van der Waals surface area (Å²) in [6.07, 6.45) is 1.33. The second-order valence-electron chi connectivity index (χ2n) is 8.51. The Labute approximate surface area is 233 Å². The molecule has 5 aromatic rings. The smallest absolute Gasteiger partial charge is 0.312 e. The van der Waals surface area contributed by atoms with Crippen LogP contribution in [-0.4, -0.2) is 34.1 Å². The average Bonchev–Trinajstić information content (AvgIpc) is 3.40. The highest BCUT2D eigenvalue weighted by atomic mass is 32.2. The third-order valence-electron chi connectivity index (χ3n) is 5.81. The molecule has 4 aromatic carbocycles. The number of benzene rings is 4. The first-order chi connectivity index (χ1) is 19.5. The number of hydrazone groups is 1. The van der Waals surface area contributed by atoms with Crippen molar-refractivity contribution >= 4 is 40.6 Å². The maximum absolute atomic E-state index is 12.5. The van der Waals surface area contributed by atoms with Crippen molar-refractivity contribution < 1.29 is 19.2 Å². The van der Waals surface area contributed by atoms with Crippen LogP contribution in [0.25, 0.3) is 11.0 Å². The number of imidazole rings is 1. The summed E-state index contributed by atoms with van der Waals surface area (Å²) in [5, 5.41) is 16.4. The average molecular weight is 554 g/mol. The highest BCUT2D eigenvalue weighted by Gasteiger charge is 2.17. The minimum absolute atomic E-state index is 0.0786. The topological polar surface area (TPSA) is 132 Å². The van der Waals surface area contributed by atoms with Crippen molar-refractivity contribution in [2.24, 2.45) is 5.10 Å². The number of H-pyrrole nitrogens is 1. The first-order valence-corrected chi connectivity index (χ1v) is 13.1. The Morgan fingerprint density at radius 3 is 2.52 bits per heavy atom. The number of hydrogen-bond donors (Lipinski definition) is 2. The minimum atomic E-state index is -0.539. The molecule has 2 N–H and O–H groups in total. The van der Waals surface area contributed by atoms with E-state index in [1.54, 1.807) is 61.3 Å². The Morgan fingerprint density at radius 1 is 1.05 bits per heavy atom. The second-order valence-corrected chi connectivity index (χ2v) is 9.47. The minimum Gasteiger partial charge on any atom is -0.497 e. The molecule has 0 bridgehead atoms. The third kappa shape index (κ3) is 6.45. The maximum Gasteiger partial charge on any atom is 0.312 e. The van der Waals surface area contributed by atoms with Crippen LogP contribution < -0.4 is 14.9 Å². The van der Waals surface area contributed by atoms with Gasteiger partial charge < -0.3 is 14.5 Å². The molecule has 40 heavy (non-hydrogen) atoms. The standard InChI is InChI=1S/C29H23N5O5S/c1-38-22-11-13-23(14-12-22)39-27-15-8-20(16-26(27)34(36)37)17-30-33-28(35)21-9-6-19(7-10-21)18-40-29-31-24-4-2-3-5-25(24)32-29/h2-17H,18H2,1H3,(H,31,32)(H,33,35). The van der Waals surface area contributed by atoms with Gasteiger partial charge in [0.15, 0.2) is 5.16 Å². The van der Waals surface area contributed by atoms with E-state index in [2.05, 4.69) is 20.5 Å². The van der Waals surface area contributed by atoms with Gasteiger partial charge in [-0.05, 0) is 66.2 Å². The third-order valence-corrected chi connectivity index (χ3v) is 6.75. The Hall–Kier alpha value is -5.16. The number of amides is 1. The fourth-order valence-electron chi connectivity index (χ4n) is 3.75.